The van der Waals surface area contributed by atoms with Crippen molar-refractivity contribution in [3.8, 4) is 11.1 Å². The molecule has 3 aromatic rings. The molecule has 0 bridgehead atoms. The summed E-state index contributed by atoms with van der Waals surface area (Å²) in [6.07, 6.45) is -0.619. The average Bonchev–Trinajstić information content (AvgIpc) is 2.56. The van der Waals surface area contributed by atoms with Gasteiger partial charge >= 0.3 is 0 Å². The first-order valence-corrected chi connectivity index (χ1v) is 7.63. The Hall–Kier alpha value is -1.90. The van der Waals surface area contributed by atoms with Crippen molar-refractivity contribution in [2.24, 2.45) is 0 Å². The lowest BCUT2D eigenvalue weighted by atomic mass is 9.93. The minimum Gasteiger partial charge on any atom is -0.384 e. The van der Waals surface area contributed by atoms with Gasteiger partial charge in [-0.05, 0) is 34.4 Å². The van der Waals surface area contributed by atoms with Gasteiger partial charge < -0.3 is 5.11 Å². The predicted molar refractivity (Wildman–Crippen MR) is 90.1 cm³/mol. The van der Waals surface area contributed by atoms with Crippen LogP contribution in [0.15, 0.2) is 83.3 Å². The zero-order valence-electron chi connectivity index (χ0n) is 11.4. The minimum absolute atomic E-state index is 0.619. The van der Waals surface area contributed by atoms with Crippen LogP contribution in [0.25, 0.3) is 11.1 Å². The van der Waals surface area contributed by atoms with Gasteiger partial charge in [-0.15, -0.1) is 0 Å². The molecule has 3 rings (SSSR count). The molecule has 0 fully saturated rings. The van der Waals surface area contributed by atoms with E-state index < -0.39 is 6.10 Å². The molecule has 2 heteroatoms. The molecule has 21 heavy (non-hydrogen) atoms. The molecule has 0 aromatic heterocycles. The Morgan fingerprint density at radius 1 is 0.714 bits per heavy atom. The second-order valence-electron chi connectivity index (χ2n) is 4.91. The highest BCUT2D eigenvalue weighted by atomic mass is 79.9. The summed E-state index contributed by atoms with van der Waals surface area (Å²) in [7, 11) is 0. The molecule has 3 aromatic carbocycles. The van der Waals surface area contributed by atoms with Gasteiger partial charge in [0.25, 0.3) is 0 Å². The molecule has 1 atom stereocenters. The lowest BCUT2D eigenvalue weighted by molar-refractivity contribution is 0.221. The van der Waals surface area contributed by atoms with Crippen LogP contribution in [0.3, 0.4) is 0 Å². The van der Waals surface area contributed by atoms with E-state index in [1.807, 2.05) is 66.7 Å². The Balaban J connectivity index is 2.06. The van der Waals surface area contributed by atoms with E-state index in [0.717, 1.165) is 26.7 Å². The zero-order chi connectivity index (χ0) is 14.7. The summed E-state index contributed by atoms with van der Waals surface area (Å²) < 4.78 is 1.05. The van der Waals surface area contributed by atoms with Crippen molar-refractivity contribution < 1.29 is 5.11 Å². The average molecular weight is 339 g/mol. The molecule has 0 spiro atoms. The van der Waals surface area contributed by atoms with Gasteiger partial charge in [-0.25, -0.2) is 0 Å². The van der Waals surface area contributed by atoms with Crippen molar-refractivity contribution in [1.82, 2.24) is 0 Å². The van der Waals surface area contributed by atoms with Crippen LogP contribution < -0.4 is 0 Å². The van der Waals surface area contributed by atoms with Crippen LogP contribution in [-0.4, -0.2) is 5.11 Å². The first-order valence-electron chi connectivity index (χ1n) is 6.83. The number of benzene rings is 3. The van der Waals surface area contributed by atoms with Gasteiger partial charge in [-0.1, -0.05) is 82.7 Å². The molecule has 0 heterocycles. The van der Waals surface area contributed by atoms with Crippen molar-refractivity contribution in [3.63, 3.8) is 0 Å². The molecule has 0 aliphatic heterocycles. The maximum atomic E-state index is 10.7. The van der Waals surface area contributed by atoms with Gasteiger partial charge in [0, 0.05) is 4.47 Å². The quantitative estimate of drug-likeness (QED) is 0.696. The Morgan fingerprint density at radius 3 is 2.05 bits per heavy atom. The van der Waals surface area contributed by atoms with E-state index in [0.29, 0.717) is 0 Å². The van der Waals surface area contributed by atoms with Crippen molar-refractivity contribution in [1.29, 1.82) is 0 Å². The van der Waals surface area contributed by atoms with Gasteiger partial charge in [-0.2, -0.15) is 0 Å². The monoisotopic (exact) mass is 338 g/mol. The molecule has 0 aliphatic rings. The van der Waals surface area contributed by atoms with Crippen LogP contribution >= 0.6 is 15.9 Å². The normalized spacial score (nSPS) is 12.1. The summed E-state index contributed by atoms with van der Waals surface area (Å²) in [5.74, 6) is 0. The summed E-state index contributed by atoms with van der Waals surface area (Å²) in [5, 5.41) is 10.7. The van der Waals surface area contributed by atoms with E-state index in [9.17, 15) is 5.11 Å². The van der Waals surface area contributed by atoms with E-state index in [-0.39, 0.29) is 0 Å². The molecular weight excluding hydrogens is 324 g/mol. The molecule has 104 valence electrons. The highest BCUT2D eigenvalue weighted by Crippen LogP contribution is 2.32. The maximum Gasteiger partial charge on any atom is 0.105 e. The smallest absolute Gasteiger partial charge is 0.105 e. The minimum atomic E-state index is -0.619. The summed E-state index contributed by atoms with van der Waals surface area (Å²) >= 11 is 3.45. The van der Waals surface area contributed by atoms with E-state index in [1.165, 1.54) is 0 Å². The van der Waals surface area contributed by atoms with Crippen LogP contribution in [-0.2, 0) is 0 Å². The van der Waals surface area contributed by atoms with E-state index in [4.69, 9.17) is 0 Å². The van der Waals surface area contributed by atoms with Gasteiger partial charge in [0.05, 0.1) is 0 Å². The molecule has 1 unspecified atom stereocenters. The summed E-state index contributed by atoms with van der Waals surface area (Å²) in [6.45, 7) is 0. The predicted octanol–water partition coefficient (Wildman–Crippen LogP) is 5.20. The topological polar surface area (TPSA) is 20.2 Å². The van der Waals surface area contributed by atoms with E-state index in [2.05, 4.69) is 28.1 Å². The third-order valence-electron chi connectivity index (χ3n) is 3.53. The molecule has 0 aliphatic carbocycles. The Labute approximate surface area is 133 Å². The highest BCUT2D eigenvalue weighted by Gasteiger charge is 2.14. The lowest BCUT2D eigenvalue weighted by Gasteiger charge is -2.16. The first-order chi connectivity index (χ1) is 10.3. The third kappa shape index (κ3) is 3.07. The fourth-order valence-electron chi connectivity index (χ4n) is 2.44. The number of aliphatic hydroxyl groups is 1. The fraction of sp³-hybridized carbons (Fsp3) is 0.0526. The van der Waals surface area contributed by atoms with Crippen molar-refractivity contribution in [3.05, 3.63) is 94.5 Å². The Bertz CT molecular complexity index is 720. The first kappa shape index (κ1) is 14.1. The molecule has 1 nitrogen and oxygen atoms in total. The molecule has 0 radical (unpaired) electrons. The van der Waals surface area contributed by atoms with Gasteiger partial charge in [0.15, 0.2) is 0 Å². The number of aliphatic hydroxyl groups excluding tert-OH is 1. The van der Waals surface area contributed by atoms with Crippen LogP contribution in [0.5, 0.6) is 0 Å². The number of hydrogen-bond acceptors (Lipinski definition) is 1. The maximum absolute atomic E-state index is 10.7. The highest BCUT2D eigenvalue weighted by molar-refractivity contribution is 9.10. The fourth-order valence-corrected chi connectivity index (χ4v) is 2.71. The van der Waals surface area contributed by atoms with Crippen molar-refractivity contribution in [2.75, 3.05) is 0 Å². The second-order valence-corrected chi connectivity index (χ2v) is 5.82. The molecule has 0 amide bonds. The van der Waals surface area contributed by atoms with Gasteiger partial charge in [0.2, 0.25) is 0 Å². The van der Waals surface area contributed by atoms with Gasteiger partial charge in [-0.3, -0.25) is 0 Å². The van der Waals surface area contributed by atoms with Crippen molar-refractivity contribution >= 4 is 15.9 Å². The summed E-state index contributed by atoms with van der Waals surface area (Å²) in [6, 6.07) is 25.9. The molecule has 0 saturated carbocycles. The number of halogens is 1. The van der Waals surface area contributed by atoms with Crippen molar-refractivity contribution in [2.45, 2.75) is 6.10 Å². The molecular formula is C19H15BrO. The Morgan fingerprint density at radius 2 is 1.33 bits per heavy atom. The molecule has 0 saturated heterocycles. The van der Waals surface area contributed by atoms with Crippen LogP contribution in [0.2, 0.25) is 0 Å². The summed E-state index contributed by atoms with van der Waals surface area (Å²) in [4.78, 5) is 0. The number of hydrogen-bond donors (Lipinski definition) is 1. The summed E-state index contributed by atoms with van der Waals surface area (Å²) in [5.41, 5.74) is 3.98. The van der Waals surface area contributed by atoms with Crippen LogP contribution in [0.4, 0.5) is 0 Å². The van der Waals surface area contributed by atoms with Gasteiger partial charge in [0.1, 0.15) is 6.10 Å². The third-order valence-corrected chi connectivity index (χ3v) is 4.05. The van der Waals surface area contributed by atoms with E-state index >= 15 is 0 Å². The Kier molecular flexibility index (Phi) is 4.18. The standard InChI is InChI=1S/C19H15BrO/c20-16-12-10-14(11-13-16)17-8-4-5-9-18(17)19(21)15-6-2-1-3-7-15/h1-13,19,21H. The zero-order valence-corrected chi connectivity index (χ0v) is 13.0. The van der Waals surface area contributed by atoms with Crippen LogP contribution in [0, 0.1) is 0 Å². The lowest BCUT2D eigenvalue weighted by Crippen LogP contribution is -2.01. The number of rotatable bonds is 3. The van der Waals surface area contributed by atoms with Crippen LogP contribution in [0.1, 0.15) is 17.2 Å². The molecule has 1 N–H and O–H groups in total. The largest absolute Gasteiger partial charge is 0.384 e. The van der Waals surface area contributed by atoms with E-state index in [1.54, 1.807) is 0 Å². The second kappa shape index (κ2) is 6.25. The SMILES string of the molecule is OC(c1ccccc1)c1ccccc1-c1ccc(Br)cc1.